The molecule has 0 atom stereocenters. The van der Waals surface area contributed by atoms with E-state index in [4.69, 9.17) is 11.6 Å². The minimum atomic E-state index is 0.490. The third-order valence-electron chi connectivity index (χ3n) is 2.18. The Balaban J connectivity index is 2.57. The molecular weight excluding hydrogens is 198 g/mol. The number of nitrogens with zero attached hydrogens (tertiary/aromatic N) is 2. The smallest absolute Gasteiger partial charge is 0.141 e. The number of aromatic amines is 1. The average Bonchev–Trinajstić information content (AvgIpc) is 2.54. The third kappa shape index (κ3) is 0.992. The van der Waals surface area contributed by atoms with Crippen LogP contribution >= 0.6 is 11.6 Å². The lowest BCUT2D eigenvalue weighted by Gasteiger charge is -1.89. The Labute approximate surface area is 84.7 Å². The molecule has 0 amide bonds. The van der Waals surface area contributed by atoms with Gasteiger partial charge in [-0.2, -0.15) is 0 Å². The molecule has 14 heavy (non-hydrogen) atoms. The number of aromatic nitrogens is 3. The van der Waals surface area contributed by atoms with Crippen molar-refractivity contribution in [3.05, 3.63) is 35.6 Å². The molecule has 0 aliphatic heterocycles. The van der Waals surface area contributed by atoms with Gasteiger partial charge in [-0.3, -0.25) is 4.98 Å². The summed E-state index contributed by atoms with van der Waals surface area (Å²) in [6, 6.07) is 7.56. The van der Waals surface area contributed by atoms with Crippen LogP contribution < -0.4 is 0 Å². The molecule has 0 radical (unpaired) electrons. The van der Waals surface area contributed by atoms with Gasteiger partial charge in [0.25, 0.3) is 0 Å². The molecule has 3 rings (SSSR count). The van der Waals surface area contributed by atoms with Gasteiger partial charge in [0.1, 0.15) is 10.8 Å². The normalized spacial score (nSPS) is 11.2. The van der Waals surface area contributed by atoms with E-state index in [1.54, 1.807) is 12.3 Å². The van der Waals surface area contributed by atoms with E-state index in [0.29, 0.717) is 5.15 Å². The number of hydrogen-bond acceptors (Lipinski definition) is 2. The zero-order valence-corrected chi connectivity index (χ0v) is 7.92. The van der Waals surface area contributed by atoms with Gasteiger partial charge < -0.3 is 4.98 Å². The van der Waals surface area contributed by atoms with E-state index >= 15 is 0 Å². The van der Waals surface area contributed by atoms with Crippen molar-refractivity contribution in [3.8, 4) is 0 Å². The standard InChI is InChI=1S/C10H6ClN3/c11-8-4-3-6-9-7(2-1-5-12-9)13-10(6)14-8/h1-5H,(H,13,14). The zero-order valence-electron chi connectivity index (χ0n) is 7.16. The van der Waals surface area contributed by atoms with Crippen LogP contribution in [0.5, 0.6) is 0 Å². The second kappa shape index (κ2) is 2.69. The largest absolute Gasteiger partial charge is 0.338 e. The zero-order chi connectivity index (χ0) is 9.54. The molecule has 0 aliphatic rings. The maximum atomic E-state index is 5.79. The quantitative estimate of drug-likeness (QED) is 0.571. The Bertz CT molecular complexity index is 615. The summed E-state index contributed by atoms with van der Waals surface area (Å²) < 4.78 is 0. The minimum absolute atomic E-state index is 0.490. The van der Waals surface area contributed by atoms with Crippen molar-refractivity contribution in [3.63, 3.8) is 0 Å². The Morgan fingerprint density at radius 3 is 3.07 bits per heavy atom. The van der Waals surface area contributed by atoms with Gasteiger partial charge in [-0.15, -0.1) is 0 Å². The molecule has 0 unspecified atom stereocenters. The molecule has 4 heteroatoms. The van der Waals surface area contributed by atoms with Gasteiger partial charge in [-0.05, 0) is 24.3 Å². The molecule has 0 saturated heterocycles. The number of fused-ring (bicyclic) bond motifs is 3. The number of rotatable bonds is 0. The van der Waals surface area contributed by atoms with E-state index in [2.05, 4.69) is 15.0 Å². The molecule has 0 aromatic carbocycles. The molecule has 0 bridgehead atoms. The predicted molar refractivity (Wildman–Crippen MR) is 56.4 cm³/mol. The first-order valence-electron chi connectivity index (χ1n) is 4.23. The van der Waals surface area contributed by atoms with E-state index in [1.165, 1.54) is 0 Å². The summed E-state index contributed by atoms with van der Waals surface area (Å²) in [5.74, 6) is 0. The summed E-state index contributed by atoms with van der Waals surface area (Å²) in [4.78, 5) is 11.6. The maximum absolute atomic E-state index is 5.79. The predicted octanol–water partition coefficient (Wildman–Crippen LogP) is 2.76. The summed E-state index contributed by atoms with van der Waals surface area (Å²) in [7, 11) is 0. The van der Waals surface area contributed by atoms with E-state index in [-0.39, 0.29) is 0 Å². The lowest BCUT2D eigenvalue weighted by molar-refractivity contribution is 1.34. The highest BCUT2D eigenvalue weighted by Gasteiger charge is 2.05. The van der Waals surface area contributed by atoms with Gasteiger partial charge in [0.15, 0.2) is 0 Å². The lowest BCUT2D eigenvalue weighted by atomic mass is 10.3. The van der Waals surface area contributed by atoms with Gasteiger partial charge in [0, 0.05) is 11.6 Å². The van der Waals surface area contributed by atoms with Crippen LogP contribution in [-0.2, 0) is 0 Å². The molecule has 0 saturated carbocycles. The van der Waals surface area contributed by atoms with Crippen molar-refractivity contribution in [1.82, 2.24) is 15.0 Å². The Morgan fingerprint density at radius 1 is 1.21 bits per heavy atom. The second-order valence-corrected chi connectivity index (χ2v) is 3.44. The molecule has 0 fully saturated rings. The number of H-pyrrole nitrogens is 1. The molecule has 3 nitrogen and oxygen atoms in total. The summed E-state index contributed by atoms with van der Waals surface area (Å²) in [5.41, 5.74) is 2.70. The fourth-order valence-electron chi connectivity index (χ4n) is 1.57. The average molecular weight is 204 g/mol. The molecule has 3 aromatic rings. The fourth-order valence-corrected chi connectivity index (χ4v) is 1.72. The van der Waals surface area contributed by atoms with Crippen molar-refractivity contribution in [2.45, 2.75) is 0 Å². The van der Waals surface area contributed by atoms with E-state index < -0.39 is 0 Å². The second-order valence-electron chi connectivity index (χ2n) is 3.05. The maximum Gasteiger partial charge on any atom is 0.141 e. The highest BCUT2D eigenvalue weighted by atomic mass is 35.5. The van der Waals surface area contributed by atoms with E-state index in [1.807, 2.05) is 18.2 Å². The highest BCUT2D eigenvalue weighted by molar-refractivity contribution is 6.30. The first-order valence-corrected chi connectivity index (χ1v) is 4.61. The fraction of sp³-hybridized carbons (Fsp3) is 0. The molecular formula is C10H6ClN3. The highest BCUT2D eigenvalue weighted by Crippen LogP contribution is 2.22. The minimum Gasteiger partial charge on any atom is -0.338 e. The van der Waals surface area contributed by atoms with Gasteiger partial charge in [-0.1, -0.05) is 11.6 Å². The van der Waals surface area contributed by atoms with E-state index in [0.717, 1.165) is 22.1 Å². The van der Waals surface area contributed by atoms with Crippen LogP contribution in [0.15, 0.2) is 30.5 Å². The van der Waals surface area contributed by atoms with Gasteiger partial charge >= 0.3 is 0 Å². The van der Waals surface area contributed by atoms with Crippen molar-refractivity contribution in [1.29, 1.82) is 0 Å². The van der Waals surface area contributed by atoms with Gasteiger partial charge in [0.2, 0.25) is 0 Å². The number of nitrogens with one attached hydrogen (secondary N) is 1. The molecule has 3 heterocycles. The van der Waals surface area contributed by atoms with Crippen molar-refractivity contribution in [2.24, 2.45) is 0 Å². The first kappa shape index (κ1) is 7.76. The monoisotopic (exact) mass is 203 g/mol. The van der Waals surface area contributed by atoms with Gasteiger partial charge in [0.05, 0.1) is 11.0 Å². The van der Waals surface area contributed by atoms with Crippen LogP contribution in [0.3, 0.4) is 0 Å². The van der Waals surface area contributed by atoms with Crippen LogP contribution in [0.4, 0.5) is 0 Å². The first-order chi connectivity index (χ1) is 6.84. The van der Waals surface area contributed by atoms with E-state index in [9.17, 15) is 0 Å². The Morgan fingerprint density at radius 2 is 2.14 bits per heavy atom. The number of halogens is 1. The SMILES string of the molecule is Clc1ccc2c(n1)[nH]c1cccnc12. The van der Waals surface area contributed by atoms with Crippen LogP contribution in [0, 0.1) is 0 Å². The summed E-state index contributed by atoms with van der Waals surface area (Å²) in [6.45, 7) is 0. The topological polar surface area (TPSA) is 41.6 Å². The molecule has 1 N–H and O–H groups in total. The van der Waals surface area contributed by atoms with Crippen LogP contribution in [0.25, 0.3) is 22.1 Å². The van der Waals surface area contributed by atoms with Gasteiger partial charge in [-0.25, -0.2) is 4.98 Å². The lowest BCUT2D eigenvalue weighted by Crippen LogP contribution is -1.75. The van der Waals surface area contributed by atoms with Crippen LogP contribution in [-0.4, -0.2) is 15.0 Å². The molecule has 68 valence electrons. The van der Waals surface area contributed by atoms with Crippen molar-refractivity contribution < 1.29 is 0 Å². The summed E-state index contributed by atoms with van der Waals surface area (Å²) >= 11 is 5.79. The number of pyridine rings is 2. The summed E-state index contributed by atoms with van der Waals surface area (Å²) in [5, 5.41) is 1.49. The van der Waals surface area contributed by atoms with Crippen molar-refractivity contribution in [2.75, 3.05) is 0 Å². The van der Waals surface area contributed by atoms with Crippen LogP contribution in [0.2, 0.25) is 5.15 Å². The molecule has 0 aliphatic carbocycles. The Kier molecular flexibility index (Phi) is 1.49. The molecule has 3 aromatic heterocycles. The third-order valence-corrected chi connectivity index (χ3v) is 2.39. The molecule has 0 spiro atoms. The van der Waals surface area contributed by atoms with Crippen molar-refractivity contribution >= 4 is 33.7 Å². The number of hydrogen-bond donors (Lipinski definition) is 1. The Hall–Kier alpha value is -1.61. The summed E-state index contributed by atoms with van der Waals surface area (Å²) in [6.07, 6.45) is 1.77. The van der Waals surface area contributed by atoms with Crippen LogP contribution in [0.1, 0.15) is 0 Å².